The molecule has 0 saturated carbocycles. The lowest BCUT2D eigenvalue weighted by molar-refractivity contribution is -0.660. The fraction of sp³-hybridized carbons (Fsp3) is 0.261. The van der Waals surface area contributed by atoms with Gasteiger partial charge in [-0.25, -0.2) is 4.57 Å². The zero-order valence-corrected chi connectivity index (χ0v) is 15.6. The van der Waals surface area contributed by atoms with Crippen molar-refractivity contribution in [1.29, 1.82) is 0 Å². The van der Waals surface area contributed by atoms with Crippen LogP contribution in [0, 0.1) is 13.8 Å². The summed E-state index contributed by atoms with van der Waals surface area (Å²) in [5.74, 6) is 0.497. The third kappa shape index (κ3) is 2.44. The minimum absolute atomic E-state index is 0.497. The molecule has 0 amide bonds. The molecular weight excluding hydrogens is 306 g/mol. The number of hydrogen-bond donors (Lipinski definition) is 0. The minimum Gasteiger partial charge on any atom is -0.455 e. The quantitative estimate of drug-likeness (QED) is 0.423. The summed E-state index contributed by atoms with van der Waals surface area (Å²) < 4.78 is 8.53. The Kier molecular flexibility index (Phi) is 3.64. The molecule has 25 heavy (non-hydrogen) atoms. The molecule has 2 aromatic heterocycles. The smallest absolute Gasteiger partial charge is 0.216 e. The van der Waals surface area contributed by atoms with E-state index in [1.54, 1.807) is 0 Å². The monoisotopic (exact) mass is 330 g/mol. The predicted molar refractivity (Wildman–Crippen MR) is 104 cm³/mol. The van der Waals surface area contributed by atoms with Crippen molar-refractivity contribution in [2.75, 3.05) is 0 Å². The molecule has 0 atom stereocenters. The van der Waals surface area contributed by atoms with Crippen LogP contribution in [0.25, 0.3) is 33.2 Å². The van der Waals surface area contributed by atoms with E-state index < -0.39 is 0 Å². The third-order valence-electron chi connectivity index (χ3n) is 5.14. The molecule has 0 N–H and O–H groups in total. The largest absolute Gasteiger partial charge is 0.455 e. The Bertz CT molecular complexity index is 1100. The van der Waals surface area contributed by atoms with Gasteiger partial charge in [-0.1, -0.05) is 38.1 Å². The molecule has 0 unspecified atom stereocenters. The summed E-state index contributed by atoms with van der Waals surface area (Å²) in [6.45, 7) is 8.82. The molecule has 0 aliphatic carbocycles. The van der Waals surface area contributed by atoms with Crippen molar-refractivity contribution in [3.63, 3.8) is 0 Å². The Morgan fingerprint density at radius 1 is 0.960 bits per heavy atom. The Morgan fingerprint density at radius 2 is 1.72 bits per heavy atom. The van der Waals surface area contributed by atoms with Crippen molar-refractivity contribution in [2.24, 2.45) is 7.05 Å². The molecule has 2 aromatic carbocycles. The summed E-state index contributed by atoms with van der Waals surface area (Å²) in [6.07, 6.45) is 2.15. The lowest BCUT2D eigenvalue weighted by atomic mass is 9.95. The van der Waals surface area contributed by atoms with Gasteiger partial charge in [0, 0.05) is 22.9 Å². The van der Waals surface area contributed by atoms with E-state index in [1.165, 1.54) is 38.7 Å². The highest BCUT2D eigenvalue weighted by Gasteiger charge is 2.22. The number of aromatic nitrogens is 1. The zero-order chi connectivity index (χ0) is 17.7. The van der Waals surface area contributed by atoms with Crippen LogP contribution in [0.5, 0.6) is 0 Å². The number of nitrogens with zero attached hydrogens (tertiary/aromatic N) is 1. The first-order valence-electron chi connectivity index (χ1n) is 8.88. The average Bonchev–Trinajstić information content (AvgIpc) is 2.95. The van der Waals surface area contributed by atoms with Crippen LogP contribution in [0.3, 0.4) is 0 Å². The maximum absolute atomic E-state index is 6.34. The molecule has 126 valence electrons. The van der Waals surface area contributed by atoms with Crippen molar-refractivity contribution in [2.45, 2.75) is 33.6 Å². The van der Waals surface area contributed by atoms with E-state index in [2.05, 4.69) is 81.9 Å². The molecule has 0 saturated heterocycles. The molecule has 0 bridgehead atoms. The summed E-state index contributed by atoms with van der Waals surface area (Å²) in [6, 6.07) is 15.1. The Labute approximate surface area is 148 Å². The van der Waals surface area contributed by atoms with Crippen LogP contribution in [0.15, 0.2) is 53.1 Å². The van der Waals surface area contributed by atoms with E-state index in [0.29, 0.717) is 5.92 Å². The van der Waals surface area contributed by atoms with Crippen molar-refractivity contribution in [3.8, 4) is 11.3 Å². The van der Waals surface area contributed by atoms with Crippen LogP contribution < -0.4 is 4.57 Å². The number of furan rings is 1. The van der Waals surface area contributed by atoms with E-state index in [1.807, 2.05) is 6.07 Å². The zero-order valence-electron chi connectivity index (χ0n) is 15.6. The van der Waals surface area contributed by atoms with Gasteiger partial charge in [0.25, 0.3) is 0 Å². The Balaban J connectivity index is 2.14. The maximum Gasteiger partial charge on any atom is 0.216 e. The Morgan fingerprint density at radius 3 is 2.48 bits per heavy atom. The molecule has 2 heteroatoms. The van der Waals surface area contributed by atoms with Crippen LogP contribution >= 0.6 is 0 Å². The number of fused-ring (bicyclic) bond motifs is 3. The van der Waals surface area contributed by atoms with Gasteiger partial charge in [0.05, 0.1) is 5.56 Å². The van der Waals surface area contributed by atoms with Crippen molar-refractivity contribution in [1.82, 2.24) is 0 Å². The van der Waals surface area contributed by atoms with Crippen LogP contribution in [-0.4, -0.2) is 0 Å². The molecule has 0 spiro atoms. The molecular formula is C23H24NO+. The van der Waals surface area contributed by atoms with Gasteiger partial charge < -0.3 is 4.42 Å². The molecule has 4 aromatic rings. The SMILES string of the molecule is Cc1cc(C)c2c(oc3ccccc32)c1-c1cc(C(C)C)cc[n+]1C. The summed E-state index contributed by atoms with van der Waals surface area (Å²) in [7, 11) is 2.10. The average molecular weight is 330 g/mol. The first kappa shape index (κ1) is 15.9. The van der Waals surface area contributed by atoms with Crippen molar-refractivity contribution in [3.05, 3.63) is 65.4 Å². The minimum atomic E-state index is 0.497. The number of rotatable bonds is 2. The first-order chi connectivity index (χ1) is 12.0. The van der Waals surface area contributed by atoms with Gasteiger partial charge in [-0.05, 0) is 42.5 Å². The molecule has 2 nitrogen and oxygen atoms in total. The topological polar surface area (TPSA) is 17.0 Å². The van der Waals surface area contributed by atoms with Gasteiger partial charge >= 0.3 is 0 Å². The highest BCUT2D eigenvalue weighted by molar-refractivity contribution is 6.11. The summed E-state index contributed by atoms with van der Waals surface area (Å²) in [4.78, 5) is 0. The number of hydrogen-bond acceptors (Lipinski definition) is 1. The van der Waals surface area contributed by atoms with Gasteiger partial charge in [0.15, 0.2) is 6.20 Å². The second-order valence-electron chi connectivity index (χ2n) is 7.30. The van der Waals surface area contributed by atoms with Gasteiger partial charge in [-0.3, -0.25) is 0 Å². The van der Waals surface area contributed by atoms with Crippen LogP contribution in [0.2, 0.25) is 0 Å². The third-order valence-corrected chi connectivity index (χ3v) is 5.14. The standard InChI is InChI=1S/C23H24NO/c1-14(2)17-10-11-24(5)19(13-17)22-16(4)12-15(3)21-18-8-6-7-9-20(18)25-23(21)22/h6-14H,1-5H3/q+1. The Hall–Kier alpha value is -2.61. The van der Waals surface area contributed by atoms with Crippen LogP contribution in [-0.2, 0) is 7.05 Å². The first-order valence-corrected chi connectivity index (χ1v) is 8.88. The van der Waals surface area contributed by atoms with E-state index >= 15 is 0 Å². The van der Waals surface area contributed by atoms with Crippen molar-refractivity contribution < 1.29 is 8.98 Å². The number of aryl methyl sites for hydroxylation is 3. The normalized spacial score (nSPS) is 11.8. The summed E-state index contributed by atoms with van der Waals surface area (Å²) in [5.41, 5.74) is 8.21. The molecule has 4 rings (SSSR count). The van der Waals surface area contributed by atoms with E-state index in [0.717, 1.165) is 11.2 Å². The van der Waals surface area contributed by atoms with E-state index in [4.69, 9.17) is 4.42 Å². The molecule has 0 fully saturated rings. The maximum atomic E-state index is 6.34. The predicted octanol–water partition coefficient (Wildman–Crippen LogP) is 5.82. The second kappa shape index (κ2) is 5.73. The van der Waals surface area contributed by atoms with Crippen molar-refractivity contribution >= 4 is 21.9 Å². The number of para-hydroxylation sites is 1. The molecule has 0 aliphatic rings. The number of pyridine rings is 1. The molecule has 0 radical (unpaired) electrons. The van der Waals surface area contributed by atoms with E-state index in [9.17, 15) is 0 Å². The lowest BCUT2D eigenvalue weighted by Gasteiger charge is -2.10. The molecule has 0 aliphatic heterocycles. The lowest BCUT2D eigenvalue weighted by Crippen LogP contribution is -2.31. The second-order valence-corrected chi connectivity index (χ2v) is 7.30. The van der Waals surface area contributed by atoms with Crippen LogP contribution in [0.1, 0.15) is 36.5 Å². The van der Waals surface area contributed by atoms with Gasteiger partial charge in [-0.2, -0.15) is 0 Å². The summed E-state index contributed by atoms with van der Waals surface area (Å²) in [5, 5.41) is 2.42. The fourth-order valence-electron chi connectivity index (χ4n) is 3.77. The van der Waals surface area contributed by atoms with Crippen LogP contribution in [0.4, 0.5) is 0 Å². The summed E-state index contributed by atoms with van der Waals surface area (Å²) >= 11 is 0. The highest BCUT2D eigenvalue weighted by Crippen LogP contribution is 2.39. The number of benzene rings is 2. The van der Waals surface area contributed by atoms with Gasteiger partial charge in [0.2, 0.25) is 5.69 Å². The highest BCUT2D eigenvalue weighted by atomic mass is 16.3. The fourth-order valence-corrected chi connectivity index (χ4v) is 3.77. The van der Waals surface area contributed by atoms with Gasteiger partial charge in [0.1, 0.15) is 18.2 Å². The van der Waals surface area contributed by atoms with E-state index in [-0.39, 0.29) is 0 Å². The molecule has 2 heterocycles. The van der Waals surface area contributed by atoms with Gasteiger partial charge in [-0.15, -0.1) is 0 Å².